The van der Waals surface area contributed by atoms with Crippen LogP contribution in [0.15, 0.2) is 40.6 Å². The van der Waals surface area contributed by atoms with Crippen LogP contribution in [0.25, 0.3) is 0 Å². The van der Waals surface area contributed by atoms with Crippen molar-refractivity contribution in [2.45, 2.75) is 23.7 Å². The van der Waals surface area contributed by atoms with Crippen molar-refractivity contribution in [3.8, 4) is 5.75 Å². The molecule has 2 heterocycles. The van der Waals surface area contributed by atoms with Gasteiger partial charge in [-0.1, -0.05) is 19.1 Å². The van der Waals surface area contributed by atoms with Crippen LogP contribution in [0.2, 0.25) is 0 Å². The van der Waals surface area contributed by atoms with Crippen molar-refractivity contribution in [2.24, 2.45) is 0 Å². The number of carboxylic acid groups (broad SMARTS) is 1. The average Bonchev–Trinajstić information content (AvgIpc) is 3.03. The Bertz CT molecular complexity index is 843. The Morgan fingerprint density at radius 2 is 2.09 bits per heavy atom. The van der Waals surface area contributed by atoms with Crippen LogP contribution >= 0.6 is 11.3 Å². The van der Waals surface area contributed by atoms with Gasteiger partial charge in [-0.2, -0.15) is 0 Å². The second-order valence-electron chi connectivity index (χ2n) is 5.02. The van der Waals surface area contributed by atoms with Gasteiger partial charge in [-0.3, -0.25) is 4.31 Å². The molecule has 2 aromatic rings. The fourth-order valence-corrected chi connectivity index (χ4v) is 5.24. The number of carbonyl (C=O) groups is 1. The van der Waals surface area contributed by atoms with Crippen LogP contribution in [0, 0.1) is 0 Å². The van der Waals surface area contributed by atoms with E-state index < -0.39 is 22.1 Å². The molecule has 3 rings (SSSR count). The van der Waals surface area contributed by atoms with Gasteiger partial charge in [0.1, 0.15) is 9.96 Å². The van der Waals surface area contributed by atoms with Crippen molar-refractivity contribution in [1.29, 1.82) is 0 Å². The molecule has 0 amide bonds. The number of sulfonamides is 1. The Hall–Kier alpha value is -2.06. The van der Waals surface area contributed by atoms with Gasteiger partial charge in [0.15, 0.2) is 0 Å². The third kappa shape index (κ3) is 2.79. The lowest BCUT2D eigenvalue weighted by Gasteiger charge is -2.33. The lowest BCUT2D eigenvalue weighted by molar-refractivity contribution is -0.144. The fourth-order valence-electron chi connectivity index (χ4n) is 2.35. The highest BCUT2D eigenvalue weighted by Crippen LogP contribution is 2.38. The number of rotatable bonds is 4. The number of thiophene rings is 1. The number of aliphatic carboxylic acids is 1. The highest BCUT2D eigenvalue weighted by molar-refractivity contribution is 7.94. The fraction of sp³-hybridized carbons (Fsp3) is 0.267. The standard InChI is InChI=1S/C15H15NO5S2/c1-2-10-7-8-14(22-10)23(19,20)16-9-13(15(17)18)21-12-6-4-3-5-11(12)16/h3-8,13H,2,9H2,1H3,(H,17,18). The van der Waals surface area contributed by atoms with Gasteiger partial charge in [0, 0.05) is 4.88 Å². The summed E-state index contributed by atoms with van der Waals surface area (Å²) in [4.78, 5) is 12.2. The van der Waals surface area contributed by atoms with Crippen molar-refractivity contribution in [1.82, 2.24) is 0 Å². The molecule has 0 fully saturated rings. The van der Waals surface area contributed by atoms with E-state index in [1.807, 2.05) is 6.92 Å². The first-order valence-electron chi connectivity index (χ1n) is 7.03. The van der Waals surface area contributed by atoms with Gasteiger partial charge in [-0.25, -0.2) is 13.2 Å². The molecule has 1 aromatic heterocycles. The maximum atomic E-state index is 12.9. The Kier molecular flexibility index (Phi) is 4.03. The van der Waals surface area contributed by atoms with E-state index in [9.17, 15) is 18.3 Å². The largest absolute Gasteiger partial charge is 0.478 e. The average molecular weight is 353 g/mol. The Balaban J connectivity index is 2.08. The molecule has 122 valence electrons. The number of fused-ring (bicyclic) bond motifs is 1. The number of ether oxygens (including phenoxy) is 1. The van der Waals surface area contributed by atoms with Crippen LogP contribution in [0.4, 0.5) is 5.69 Å². The second-order valence-corrected chi connectivity index (χ2v) is 8.28. The van der Waals surface area contributed by atoms with Crippen LogP contribution in [0.1, 0.15) is 11.8 Å². The number of nitrogens with zero attached hydrogens (tertiary/aromatic N) is 1. The summed E-state index contributed by atoms with van der Waals surface area (Å²) in [5.74, 6) is -0.942. The van der Waals surface area contributed by atoms with Crippen LogP contribution in [-0.4, -0.2) is 32.1 Å². The molecule has 0 bridgehead atoms. The molecule has 23 heavy (non-hydrogen) atoms. The van der Waals surface area contributed by atoms with Gasteiger partial charge in [-0.05, 0) is 30.7 Å². The van der Waals surface area contributed by atoms with Gasteiger partial charge in [0.25, 0.3) is 10.0 Å². The van der Waals surface area contributed by atoms with Crippen molar-refractivity contribution in [3.63, 3.8) is 0 Å². The molecular weight excluding hydrogens is 338 g/mol. The van der Waals surface area contributed by atoms with Crippen molar-refractivity contribution < 1.29 is 23.1 Å². The van der Waals surface area contributed by atoms with Crippen LogP contribution < -0.4 is 9.04 Å². The van der Waals surface area contributed by atoms with E-state index in [1.165, 1.54) is 11.3 Å². The quantitative estimate of drug-likeness (QED) is 0.912. The van der Waals surface area contributed by atoms with Gasteiger partial charge < -0.3 is 9.84 Å². The summed E-state index contributed by atoms with van der Waals surface area (Å²) in [6.45, 7) is 1.70. The van der Waals surface area contributed by atoms with E-state index >= 15 is 0 Å². The third-order valence-corrected chi connectivity index (χ3v) is 7.02. The topological polar surface area (TPSA) is 83.9 Å². The Labute approximate surface area is 138 Å². The molecule has 1 atom stereocenters. The number of aryl methyl sites for hydroxylation is 1. The molecule has 1 unspecified atom stereocenters. The van der Waals surface area contributed by atoms with Gasteiger partial charge >= 0.3 is 5.97 Å². The number of para-hydroxylation sites is 2. The molecule has 0 saturated carbocycles. The van der Waals surface area contributed by atoms with E-state index in [4.69, 9.17) is 4.74 Å². The Morgan fingerprint density at radius 3 is 2.74 bits per heavy atom. The smallest absolute Gasteiger partial charge is 0.346 e. The van der Waals surface area contributed by atoms with Crippen LogP contribution in [-0.2, 0) is 21.2 Å². The lowest BCUT2D eigenvalue weighted by Crippen LogP contribution is -2.46. The molecular formula is C15H15NO5S2. The molecule has 1 aliphatic rings. The number of benzene rings is 1. The predicted molar refractivity (Wildman–Crippen MR) is 86.7 cm³/mol. The first-order chi connectivity index (χ1) is 10.9. The van der Waals surface area contributed by atoms with Crippen molar-refractivity contribution in [2.75, 3.05) is 10.8 Å². The summed E-state index contributed by atoms with van der Waals surface area (Å²) >= 11 is 1.20. The predicted octanol–water partition coefficient (Wildman–Crippen LogP) is 2.35. The number of carboxylic acids is 1. The minimum atomic E-state index is -3.82. The minimum Gasteiger partial charge on any atom is -0.478 e. The summed E-state index contributed by atoms with van der Waals surface area (Å²) in [7, 11) is -3.82. The summed E-state index contributed by atoms with van der Waals surface area (Å²) in [6, 6.07) is 9.88. The molecule has 0 aliphatic carbocycles. The Morgan fingerprint density at radius 1 is 1.35 bits per heavy atom. The van der Waals surface area contributed by atoms with E-state index in [0.29, 0.717) is 5.69 Å². The highest BCUT2D eigenvalue weighted by atomic mass is 32.2. The molecule has 0 radical (unpaired) electrons. The van der Waals surface area contributed by atoms with E-state index in [1.54, 1.807) is 36.4 Å². The summed E-state index contributed by atoms with van der Waals surface area (Å²) in [5, 5.41) is 9.22. The zero-order valence-corrected chi connectivity index (χ0v) is 13.9. The number of hydrogen-bond acceptors (Lipinski definition) is 5. The molecule has 0 spiro atoms. The zero-order chi connectivity index (χ0) is 16.6. The molecule has 1 aromatic carbocycles. The molecule has 1 aliphatic heterocycles. The van der Waals surface area contributed by atoms with Crippen LogP contribution in [0.5, 0.6) is 5.75 Å². The molecule has 0 saturated heterocycles. The summed E-state index contributed by atoms with van der Waals surface area (Å²) in [6.07, 6.45) is -0.484. The maximum Gasteiger partial charge on any atom is 0.346 e. The van der Waals surface area contributed by atoms with E-state index in [0.717, 1.165) is 15.6 Å². The summed E-state index contributed by atoms with van der Waals surface area (Å²) in [5.41, 5.74) is 0.358. The van der Waals surface area contributed by atoms with Gasteiger partial charge in [-0.15, -0.1) is 11.3 Å². The maximum absolute atomic E-state index is 12.9. The third-order valence-electron chi connectivity index (χ3n) is 3.54. The monoisotopic (exact) mass is 353 g/mol. The highest BCUT2D eigenvalue weighted by Gasteiger charge is 2.37. The van der Waals surface area contributed by atoms with Crippen molar-refractivity contribution >= 4 is 33.0 Å². The summed E-state index contributed by atoms with van der Waals surface area (Å²) < 4.78 is 32.6. The van der Waals surface area contributed by atoms with E-state index in [2.05, 4.69) is 0 Å². The number of anilines is 1. The first kappa shape index (κ1) is 15.8. The minimum absolute atomic E-state index is 0.204. The molecule has 1 N–H and O–H groups in total. The van der Waals surface area contributed by atoms with Crippen molar-refractivity contribution in [3.05, 3.63) is 41.3 Å². The van der Waals surface area contributed by atoms with E-state index in [-0.39, 0.29) is 16.5 Å². The van der Waals surface area contributed by atoms with Gasteiger partial charge in [0.05, 0.1) is 12.2 Å². The SMILES string of the molecule is CCc1ccc(S(=O)(=O)N2CC(C(=O)O)Oc3ccccc32)s1. The van der Waals surface area contributed by atoms with Gasteiger partial charge in [0.2, 0.25) is 6.10 Å². The second kappa shape index (κ2) is 5.86. The first-order valence-corrected chi connectivity index (χ1v) is 9.29. The molecule has 8 heteroatoms. The normalized spacial score (nSPS) is 17.4. The zero-order valence-electron chi connectivity index (χ0n) is 12.3. The van der Waals surface area contributed by atoms with Crippen LogP contribution in [0.3, 0.4) is 0 Å². The number of hydrogen-bond donors (Lipinski definition) is 1. The molecule has 6 nitrogen and oxygen atoms in total. The lowest BCUT2D eigenvalue weighted by atomic mass is 10.2.